The Balaban J connectivity index is 2.03. The normalized spacial score (nSPS) is 24.6. The van der Waals surface area contributed by atoms with E-state index in [4.69, 9.17) is 4.74 Å². The van der Waals surface area contributed by atoms with Crippen LogP contribution in [0.1, 0.15) is 26.3 Å². The number of esters is 1. The summed E-state index contributed by atoms with van der Waals surface area (Å²) in [4.78, 5) is 11.7. The lowest BCUT2D eigenvalue weighted by Gasteiger charge is -2.19. The Morgan fingerprint density at radius 2 is 1.85 bits per heavy atom. The Morgan fingerprint density at radius 1 is 1.25 bits per heavy atom. The third-order valence-corrected chi connectivity index (χ3v) is 3.07. The van der Waals surface area contributed by atoms with Gasteiger partial charge in [-0.25, -0.2) is 8.78 Å². The van der Waals surface area contributed by atoms with E-state index >= 15 is 0 Å². The van der Waals surface area contributed by atoms with Gasteiger partial charge in [-0.2, -0.15) is 0 Å². The minimum absolute atomic E-state index is 0.747. The van der Waals surface area contributed by atoms with E-state index in [2.05, 4.69) is 0 Å². The number of hydrogen-bond donors (Lipinski definition) is 0. The van der Waals surface area contributed by atoms with Crippen molar-refractivity contribution in [2.75, 3.05) is 0 Å². The maximum absolute atomic E-state index is 13.6. The second-order valence-electron chi connectivity index (χ2n) is 5.98. The lowest BCUT2D eigenvalue weighted by molar-refractivity contribution is -0.159. The SMILES string of the molecule is CC(C)(C)OC(=O)C1C(/C=C/c2ccccc2)C1(F)F. The van der Waals surface area contributed by atoms with Crippen molar-refractivity contribution in [2.45, 2.75) is 32.3 Å². The summed E-state index contributed by atoms with van der Waals surface area (Å²) in [5.41, 5.74) is 0.0850. The van der Waals surface area contributed by atoms with E-state index in [0.717, 1.165) is 5.56 Å². The van der Waals surface area contributed by atoms with E-state index in [1.54, 1.807) is 26.8 Å². The smallest absolute Gasteiger partial charge is 0.316 e. The third kappa shape index (κ3) is 3.24. The highest BCUT2D eigenvalue weighted by molar-refractivity contribution is 5.79. The van der Waals surface area contributed by atoms with Crippen molar-refractivity contribution in [3.8, 4) is 0 Å². The molecule has 1 aliphatic rings. The first kappa shape index (κ1) is 14.7. The van der Waals surface area contributed by atoms with Crippen LogP contribution in [0, 0.1) is 11.8 Å². The van der Waals surface area contributed by atoms with Crippen molar-refractivity contribution in [2.24, 2.45) is 11.8 Å². The summed E-state index contributed by atoms with van der Waals surface area (Å²) in [6.45, 7) is 5.00. The first-order valence-corrected chi connectivity index (χ1v) is 6.56. The molecule has 0 N–H and O–H groups in total. The van der Waals surface area contributed by atoms with Crippen LogP contribution in [0.3, 0.4) is 0 Å². The van der Waals surface area contributed by atoms with Crippen LogP contribution in [0.5, 0.6) is 0 Å². The Hall–Kier alpha value is -1.71. The Labute approximate surface area is 117 Å². The molecule has 2 rings (SSSR count). The molecule has 0 bridgehead atoms. The van der Waals surface area contributed by atoms with Crippen LogP contribution in [0.25, 0.3) is 6.08 Å². The maximum atomic E-state index is 13.6. The van der Waals surface area contributed by atoms with Gasteiger partial charge in [-0.15, -0.1) is 0 Å². The van der Waals surface area contributed by atoms with Gasteiger partial charge in [0.05, 0.1) is 5.92 Å². The van der Waals surface area contributed by atoms with Gasteiger partial charge in [-0.05, 0) is 26.3 Å². The maximum Gasteiger partial charge on any atom is 0.316 e. The third-order valence-electron chi connectivity index (χ3n) is 3.07. The minimum atomic E-state index is -3.01. The largest absolute Gasteiger partial charge is 0.460 e. The molecule has 4 heteroatoms. The summed E-state index contributed by atoms with van der Waals surface area (Å²) in [6, 6.07) is 9.15. The zero-order chi connectivity index (χ0) is 15.0. The van der Waals surface area contributed by atoms with E-state index in [1.165, 1.54) is 6.08 Å². The molecule has 1 aromatic carbocycles. The molecule has 1 saturated carbocycles. The monoisotopic (exact) mass is 280 g/mol. The van der Waals surface area contributed by atoms with Gasteiger partial charge in [0.1, 0.15) is 11.5 Å². The van der Waals surface area contributed by atoms with Crippen molar-refractivity contribution in [1.82, 2.24) is 0 Å². The van der Waals surface area contributed by atoms with Gasteiger partial charge in [0.2, 0.25) is 0 Å². The standard InChI is InChI=1S/C16H18F2O2/c1-15(2,3)20-14(19)13-12(16(13,17)18)10-9-11-7-5-4-6-8-11/h4-10,12-13H,1-3H3/b10-9+. The molecular formula is C16H18F2O2. The first-order chi connectivity index (χ1) is 9.22. The van der Waals surface area contributed by atoms with Crippen molar-refractivity contribution >= 4 is 12.0 Å². The van der Waals surface area contributed by atoms with Crippen LogP contribution in [0.15, 0.2) is 36.4 Å². The average molecular weight is 280 g/mol. The second kappa shape index (κ2) is 5.00. The van der Waals surface area contributed by atoms with E-state index in [0.29, 0.717) is 0 Å². The molecule has 0 spiro atoms. The molecule has 1 aromatic rings. The van der Waals surface area contributed by atoms with Crippen LogP contribution < -0.4 is 0 Å². The van der Waals surface area contributed by atoms with Gasteiger partial charge in [-0.1, -0.05) is 42.5 Å². The fourth-order valence-corrected chi connectivity index (χ4v) is 2.04. The molecule has 0 aromatic heterocycles. The highest BCUT2D eigenvalue weighted by Crippen LogP contribution is 2.57. The molecule has 2 unspecified atom stereocenters. The number of allylic oxidation sites excluding steroid dienone is 1. The minimum Gasteiger partial charge on any atom is -0.460 e. The number of alkyl halides is 2. The molecule has 0 amide bonds. The predicted molar refractivity (Wildman–Crippen MR) is 73.2 cm³/mol. The van der Waals surface area contributed by atoms with Crippen molar-refractivity contribution < 1.29 is 18.3 Å². The Bertz CT molecular complexity index is 515. The molecule has 2 nitrogen and oxygen atoms in total. The average Bonchev–Trinajstić information content (AvgIpc) is 2.88. The number of carbonyl (C=O) groups excluding carboxylic acids is 1. The molecule has 0 radical (unpaired) electrons. The zero-order valence-corrected chi connectivity index (χ0v) is 11.8. The summed E-state index contributed by atoms with van der Waals surface area (Å²) in [5, 5.41) is 0. The van der Waals surface area contributed by atoms with Gasteiger partial charge in [0, 0.05) is 0 Å². The topological polar surface area (TPSA) is 26.3 Å². The predicted octanol–water partition coefficient (Wildman–Crippen LogP) is 3.92. The second-order valence-corrected chi connectivity index (χ2v) is 5.98. The summed E-state index contributed by atoms with van der Waals surface area (Å²) >= 11 is 0. The molecule has 2 atom stereocenters. The molecule has 108 valence electrons. The number of rotatable bonds is 3. The highest BCUT2D eigenvalue weighted by atomic mass is 19.3. The van der Waals surface area contributed by atoms with E-state index in [9.17, 15) is 13.6 Å². The van der Waals surface area contributed by atoms with E-state index in [-0.39, 0.29) is 0 Å². The van der Waals surface area contributed by atoms with Gasteiger partial charge in [-0.3, -0.25) is 4.79 Å². The zero-order valence-electron chi connectivity index (χ0n) is 11.8. The molecule has 1 fully saturated rings. The number of carbonyl (C=O) groups is 1. The summed E-state index contributed by atoms with van der Waals surface area (Å²) < 4.78 is 32.3. The van der Waals surface area contributed by atoms with Gasteiger partial charge >= 0.3 is 5.97 Å². The highest BCUT2D eigenvalue weighted by Gasteiger charge is 2.71. The van der Waals surface area contributed by atoms with Crippen LogP contribution in [-0.4, -0.2) is 17.5 Å². The lowest BCUT2D eigenvalue weighted by Crippen LogP contribution is -2.26. The quantitative estimate of drug-likeness (QED) is 0.784. The van der Waals surface area contributed by atoms with Gasteiger partial charge in [0.25, 0.3) is 5.92 Å². The Kier molecular flexibility index (Phi) is 3.67. The van der Waals surface area contributed by atoms with Crippen LogP contribution in [0.2, 0.25) is 0 Å². The molecule has 0 heterocycles. The Morgan fingerprint density at radius 3 is 2.40 bits per heavy atom. The summed E-state index contributed by atoms with van der Waals surface area (Å²) in [7, 11) is 0. The van der Waals surface area contributed by atoms with Crippen molar-refractivity contribution in [1.29, 1.82) is 0 Å². The molecule has 0 saturated heterocycles. The first-order valence-electron chi connectivity index (χ1n) is 6.56. The summed E-state index contributed by atoms with van der Waals surface area (Å²) in [6.07, 6.45) is 3.01. The fourth-order valence-electron chi connectivity index (χ4n) is 2.04. The molecule has 1 aliphatic carbocycles. The number of halogens is 2. The van der Waals surface area contributed by atoms with Gasteiger partial charge < -0.3 is 4.74 Å². The van der Waals surface area contributed by atoms with Crippen LogP contribution >= 0.6 is 0 Å². The summed E-state index contributed by atoms with van der Waals surface area (Å²) in [5.74, 6) is -6.27. The van der Waals surface area contributed by atoms with Crippen LogP contribution in [0.4, 0.5) is 8.78 Å². The molecular weight excluding hydrogens is 262 g/mol. The fraction of sp³-hybridized carbons (Fsp3) is 0.438. The van der Waals surface area contributed by atoms with Crippen molar-refractivity contribution in [3.63, 3.8) is 0 Å². The van der Waals surface area contributed by atoms with E-state index < -0.39 is 29.3 Å². The van der Waals surface area contributed by atoms with E-state index in [1.807, 2.05) is 30.3 Å². The number of hydrogen-bond acceptors (Lipinski definition) is 2. The van der Waals surface area contributed by atoms with Gasteiger partial charge in [0.15, 0.2) is 0 Å². The lowest BCUT2D eigenvalue weighted by atomic mass is 10.1. The van der Waals surface area contributed by atoms with Crippen molar-refractivity contribution in [3.05, 3.63) is 42.0 Å². The van der Waals surface area contributed by atoms with Crippen LogP contribution in [-0.2, 0) is 9.53 Å². The molecule has 20 heavy (non-hydrogen) atoms. The number of benzene rings is 1. The molecule has 0 aliphatic heterocycles. The number of ether oxygens (including phenoxy) is 1.